The van der Waals surface area contributed by atoms with Crippen LogP contribution in [0.2, 0.25) is 0 Å². The SMILES string of the molecule is COc1ccc(COCC[C@]2(COCc3ccc(OC)cc3)OC(C)(C)OC[C@H]2C=O)cc1. The van der Waals surface area contributed by atoms with Gasteiger partial charge in [0.1, 0.15) is 23.4 Å². The highest BCUT2D eigenvalue weighted by Crippen LogP contribution is 2.37. The topological polar surface area (TPSA) is 72.5 Å². The van der Waals surface area contributed by atoms with Crippen LogP contribution in [0.4, 0.5) is 0 Å². The summed E-state index contributed by atoms with van der Waals surface area (Å²) >= 11 is 0. The first-order valence-corrected chi connectivity index (χ1v) is 11.1. The Bertz CT molecular complexity index is 863. The lowest BCUT2D eigenvalue weighted by atomic mass is 9.84. The number of carbonyl (C=O) groups is 1. The molecule has 2 aromatic carbocycles. The minimum Gasteiger partial charge on any atom is -0.497 e. The molecule has 1 fully saturated rings. The molecule has 2 aromatic rings. The van der Waals surface area contributed by atoms with E-state index in [9.17, 15) is 4.79 Å². The minimum atomic E-state index is -0.837. The Hall–Kier alpha value is -2.45. The summed E-state index contributed by atoms with van der Waals surface area (Å²) in [6, 6.07) is 15.4. The predicted octanol–water partition coefficient (Wildman–Crippen LogP) is 4.16. The molecule has 1 saturated heterocycles. The van der Waals surface area contributed by atoms with Gasteiger partial charge < -0.3 is 33.2 Å². The molecule has 1 heterocycles. The van der Waals surface area contributed by atoms with E-state index in [2.05, 4.69) is 0 Å². The lowest BCUT2D eigenvalue weighted by Gasteiger charge is -2.48. The van der Waals surface area contributed by atoms with E-state index in [-0.39, 0.29) is 13.2 Å². The fraction of sp³-hybridized carbons (Fsp3) is 0.500. The third-order valence-corrected chi connectivity index (χ3v) is 5.77. The van der Waals surface area contributed by atoms with Gasteiger partial charge in [-0.05, 0) is 49.2 Å². The Morgan fingerprint density at radius 2 is 1.45 bits per heavy atom. The Labute approximate surface area is 195 Å². The van der Waals surface area contributed by atoms with Gasteiger partial charge >= 0.3 is 0 Å². The van der Waals surface area contributed by atoms with E-state index in [1.165, 1.54) is 0 Å². The van der Waals surface area contributed by atoms with E-state index >= 15 is 0 Å². The molecule has 0 unspecified atom stereocenters. The molecule has 2 atom stereocenters. The molecule has 0 spiro atoms. The maximum Gasteiger partial charge on any atom is 0.163 e. The van der Waals surface area contributed by atoms with E-state index in [1.807, 2.05) is 62.4 Å². The van der Waals surface area contributed by atoms with Crippen LogP contribution >= 0.6 is 0 Å². The van der Waals surface area contributed by atoms with Crippen molar-refractivity contribution in [3.05, 3.63) is 59.7 Å². The standard InChI is InChI=1S/C26H34O7/c1-25(2)32-18-22(15-27)26(33-25,19-31-17-21-7-11-24(29-4)12-8-21)13-14-30-16-20-5-9-23(28-3)10-6-20/h5-12,15,22H,13-14,16-19H2,1-4H3/t22-,26-/m1/s1. The van der Waals surface area contributed by atoms with E-state index < -0.39 is 17.3 Å². The summed E-state index contributed by atoms with van der Waals surface area (Å²) in [6.45, 7) is 5.50. The molecule has 1 aliphatic heterocycles. The van der Waals surface area contributed by atoms with Crippen LogP contribution in [-0.4, -0.2) is 51.7 Å². The fourth-order valence-corrected chi connectivity index (χ4v) is 3.87. The summed E-state index contributed by atoms with van der Waals surface area (Å²) < 4.78 is 34.4. The van der Waals surface area contributed by atoms with Crippen LogP contribution in [0.15, 0.2) is 48.5 Å². The van der Waals surface area contributed by atoms with Gasteiger partial charge in [0.05, 0.1) is 46.6 Å². The van der Waals surface area contributed by atoms with Crippen LogP contribution in [0, 0.1) is 5.92 Å². The first-order valence-electron chi connectivity index (χ1n) is 11.1. The second kappa shape index (κ2) is 11.6. The highest BCUT2D eigenvalue weighted by molar-refractivity contribution is 5.56. The van der Waals surface area contributed by atoms with Gasteiger partial charge in [0.15, 0.2) is 5.79 Å². The van der Waals surface area contributed by atoms with Crippen molar-refractivity contribution in [2.45, 2.75) is 44.9 Å². The monoisotopic (exact) mass is 458 g/mol. The van der Waals surface area contributed by atoms with Crippen molar-refractivity contribution in [3.63, 3.8) is 0 Å². The first-order chi connectivity index (χ1) is 15.9. The minimum absolute atomic E-state index is 0.251. The normalized spacial score (nSPS) is 22.0. The summed E-state index contributed by atoms with van der Waals surface area (Å²) in [6.07, 6.45) is 1.40. The molecule has 0 saturated carbocycles. The van der Waals surface area contributed by atoms with E-state index in [0.29, 0.717) is 26.2 Å². The van der Waals surface area contributed by atoms with Gasteiger partial charge in [-0.2, -0.15) is 0 Å². The van der Waals surface area contributed by atoms with Gasteiger partial charge in [-0.25, -0.2) is 0 Å². The maximum atomic E-state index is 11.9. The quantitative estimate of drug-likeness (QED) is 0.349. The summed E-state index contributed by atoms with van der Waals surface area (Å²) in [5.41, 5.74) is 1.21. The van der Waals surface area contributed by atoms with Crippen molar-refractivity contribution in [2.24, 2.45) is 5.92 Å². The Kier molecular flexibility index (Phi) is 8.86. The molecule has 0 aliphatic carbocycles. The molecule has 0 bridgehead atoms. The number of hydrogen-bond donors (Lipinski definition) is 0. The van der Waals surface area contributed by atoms with Gasteiger partial charge in [-0.1, -0.05) is 24.3 Å². The van der Waals surface area contributed by atoms with E-state index in [1.54, 1.807) is 14.2 Å². The second-order valence-corrected chi connectivity index (χ2v) is 8.61. The number of ether oxygens (including phenoxy) is 6. The molecule has 7 heteroatoms. The van der Waals surface area contributed by atoms with Gasteiger partial charge in [-0.15, -0.1) is 0 Å². The first kappa shape index (κ1) is 25.2. The van der Waals surface area contributed by atoms with Crippen molar-refractivity contribution >= 4 is 6.29 Å². The lowest BCUT2D eigenvalue weighted by molar-refractivity contribution is -0.337. The van der Waals surface area contributed by atoms with Crippen molar-refractivity contribution in [1.29, 1.82) is 0 Å². The molecule has 0 N–H and O–H groups in total. The molecular formula is C26H34O7. The third-order valence-electron chi connectivity index (χ3n) is 5.77. The highest BCUT2D eigenvalue weighted by atomic mass is 16.7. The summed E-state index contributed by atoms with van der Waals surface area (Å²) in [5.74, 6) is 0.322. The van der Waals surface area contributed by atoms with Crippen molar-refractivity contribution < 1.29 is 33.2 Å². The second-order valence-electron chi connectivity index (χ2n) is 8.61. The molecule has 180 valence electrons. The zero-order chi connectivity index (χ0) is 23.7. The smallest absolute Gasteiger partial charge is 0.163 e. The molecule has 7 nitrogen and oxygen atoms in total. The van der Waals surface area contributed by atoms with Crippen molar-refractivity contribution in [3.8, 4) is 11.5 Å². The summed E-state index contributed by atoms with van der Waals surface area (Å²) in [4.78, 5) is 11.9. The largest absolute Gasteiger partial charge is 0.497 e. The van der Waals surface area contributed by atoms with Gasteiger partial charge in [0, 0.05) is 13.0 Å². The number of benzene rings is 2. The molecular weight excluding hydrogens is 424 g/mol. The van der Waals surface area contributed by atoms with Gasteiger partial charge in [-0.3, -0.25) is 0 Å². The average molecular weight is 459 g/mol. The molecule has 3 rings (SSSR count). The molecule has 0 aromatic heterocycles. The van der Waals surface area contributed by atoms with Gasteiger partial charge in [0.2, 0.25) is 0 Å². The number of methoxy groups -OCH3 is 2. The van der Waals surface area contributed by atoms with Crippen LogP contribution in [0.1, 0.15) is 31.4 Å². The Morgan fingerprint density at radius 3 is 1.97 bits per heavy atom. The van der Waals surface area contributed by atoms with Crippen LogP contribution < -0.4 is 9.47 Å². The van der Waals surface area contributed by atoms with E-state index in [4.69, 9.17) is 28.4 Å². The van der Waals surface area contributed by atoms with Crippen LogP contribution in [0.5, 0.6) is 11.5 Å². The highest BCUT2D eigenvalue weighted by Gasteiger charge is 2.49. The molecule has 1 aliphatic rings. The average Bonchev–Trinajstić information content (AvgIpc) is 2.82. The number of aldehydes is 1. The van der Waals surface area contributed by atoms with Gasteiger partial charge in [0.25, 0.3) is 0 Å². The maximum absolute atomic E-state index is 11.9. The molecule has 0 radical (unpaired) electrons. The van der Waals surface area contributed by atoms with Crippen molar-refractivity contribution in [2.75, 3.05) is 34.0 Å². The van der Waals surface area contributed by atoms with Crippen LogP contribution in [0.25, 0.3) is 0 Å². The number of hydrogen-bond acceptors (Lipinski definition) is 7. The Balaban J connectivity index is 1.62. The Morgan fingerprint density at radius 1 is 0.909 bits per heavy atom. The number of rotatable bonds is 12. The lowest BCUT2D eigenvalue weighted by Crippen LogP contribution is -2.58. The van der Waals surface area contributed by atoms with E-state index in [0.717, 1.165) is 28.9 Å². The predicted molar refractivity (Wildman–Crippen MR) is 123 cm³/mol. The third kappa shape index (κ3) is 7.01. The molecule has 0 amide bonds. The van der Waals surface area contributed by atoms with Crippen LogP contribution in [0.3, 0.4) is 0 Å². The zero-order valence-corrected chi connectivity index (χ0v) is 19.9. The summed E-state index contributed by atoms with van der Waals surface area (Å²) in [7, 11) is 3.27. The fourth-order valence-electron chi connectivity index (χ4n) is 3.87. The molecule has 33 heavy (non-hydrogen) atoms. The van der Waals surface area contributed by atoms with Crippen LogP contribution in [-0.2, 0) is 37.0 Å². The van der Waals surface area contributed by atoms with Crippen molar-refractivity contribution in [1.82, 2.24) is 0 Å². The zero-order valence-electron chi connectivity index (χ0n) is 19.9. The summed E-state index contributed by atoms with van der Waals surface area (Å²) in [5, 5.41) is 0. The number of carbonyl (C=O) groups excluding carboxylic acids is 1.